The van der Waals surface area contributed by atoms with E-state index in [0.29, 0.717) is 12.3 Å². The van der Waals surface area contributed by atoms with E-state index in [2.05, 4.69) is 22.3 Å². The van der Waals surface area contributed by atoms with Crippen molar-refractivity contribution < 1.29 is 9.21 Å². The number of rotatable bonds is 8. The molecule has 0 atom stereocenters. The lowest BCUT2D eigenvalue weighted by Gasteiger charge is -2.11. The second kappa shape index (κ2) is 8.94. The van der Waals surface area contributed by atoms with Gasteiger partial charge in [0.05, 0.1) is 6.54 Å². The molecule has 24 heavy (non-hydrogen) atoms. The van der Waals surface area contributed by atoms with Gasteiger partial charge in [0, 0.05) is 11.4 Å². The van der Waals surface area contributed by atoms with Crippen LogP contribution < -0.4 is 5.32 Å². The van der Waals surface area contributed by atoms with Gasteiger partial charge in [-0.05, 0) is 62.4 Å². The van der Waals surface area contributed by atoms with Crippen molar-refractivity contribution in [2.75, 3.05) is 25.4 Å². The number of nitrogens with zero attached hydrogens (tertiary/aromatic N) is 1. The van der Waals surface area contributed by atoms with Gasteiger partial charge in [-0.1, -0.05) is 18.2 Å². The number of likely N-dealkylation sites (tertiary alicyclic amines) is 1. The molecule has 1 aliphatic rings. The average molecular weight is 344 g/mol. The predicted molar refractivity (Wildman–Crippen MR) is 97.3 cm³/mol. The van der Waals surface area contributed by atoms with Crippen LogP contribution in [0.2, 0.25) is 0 Å². The van der Waals surface area contributed by atoms with Crippen LogP contribution in [0.25, 0.3) is 0 Å². The van der Waals surface area contributed by atoms with Gasteiger partial charge in [-0.3, -0.25) is 9.69 Å². The molecule has 0 bridgehead atoms. The van der Waals surface area contributed by atoms with E-state index in [1.165, 1.54) is 17.7 Å². The van der Waals surface area contributed by atoms with Crippen LogP contribution in [0.5, 0.6) is 0 Å². The van der Waals surface area contributed by atoms with Crippen LogP contribution in [0, 0.1) is 0 Å². The van der Waals surface area contributed by atoms with Crippen LogP contribution in [0.15, 0.2) is 51.8 Å². The van der Waals surface area contributed by atoms with E-state index in [1.807, 2.05) is 36.0 Å². The minimum absolute atomic E-state index is 0.118. The zero-order chi connectivity index (χ0) is 16.6. The molecule has 128 valence electrons. The number of nitrogens with one attached hydrogen (secondary N) is 1. The molecule has 5 heteroatoms. The smallest absolute Gasteiger partial charge is 0.286 e. The van der Waals surface area contributed by atoms with Crippen molar-refractivity contribution >= 4 is 17.7 Å². The largest absolute Gasteiger partial charge is 0.455 e. The number of amides is 1. The molecular weight excluding hydrogens is 320 g/mol. The van der Waals surface area contributed by atoms with Crippen molar-refractivity contribution in [3.63, 3.8) is 0 Å². The number of furan rings is 1. The fourth-order valence-electron chi connectivity index (χ4n) is 2.81. The Labute approximate surface area is 147 Å². The summed E-state index contributed by atoms with van der Waals surface area (Å²) in [6.45, 7) is 3.73. The van der Waals surface area contributed by atoms with Crippen molar-refractivity contribution in [3.05, 3.63) is 54.0 Å². The van der Waals surface area contributed by atoms with Crippen molar-refractivity contribution in [2.45, 2.75) is 30.7 Å². The normalized spacial score (nSPS) is 14.8. The second-order valence-corrected chi connectivity index (χ2v) is 7.19. The first-order valence-corrected chi connectivity index (χ1v) is 9.57. The highest BCUT2D eigenvalue weighted by Crippen LogP contribution is 2.17. The summed E-state index contributed by atoms with van der Waals surface area (Å²) in [6, 6.07) is 14.0. The molecule has 1 N–H and O–H groups in total. The van der Waals surface area contributed by atoms with E-state index >= 15 is 0 Å². The molecule has 0 unspecified atom stereocenters. The van der Waals surface area contributed by atoms with Crippen LogP contribution in [0.4, 0.5) is 0 Å². The lowest BCUT2D eigenvalue weighted by molar-refractivity contribution is 0.0922. The molecular formula is C19H24N2O2S. The highest BCUT2D eigenvalue weighted by atomic mass is 32.2. The molecule has 4 nitrogen and oxygen atoms in total. The lowest BCUT2D eigenvalue weighted by Crippen LogP contribution is -2.24. The van der Waals surface area contributed by atoms with Crippen molar-refractivity contribution in [1.82, 2.24) is 10.2 Å². The summed E-state index contributed by atoms with van der Waals surface area (Å²) in [5.41, 5.74) is 0. The van der Waals surface area contributed by atoms with Gasteiger partial charge in [0.2, 0.25) is 0 Å². The summed E-state index contributed by atoms with van der Waals surface area (Å²) in [4.78, 5) is 15.7. The third-order valence-electron chi connectivity index (χ3n) is 4.08. The van der Waals surface area contributed by atoms with Gasteiger partial charge in [0.15, 0.2) is 5.76 Å². The zero-order valence-corrected chi connectivity index (χ0v) is 14.7. The number of carbonyl (C=O) groups excluding carboxylic acids is 1. The summed E-state index contributed by atoms with van der Waals surface area (Å²) in [5, 5.41) is 2.93. The van der Waals surface area contributed by atoms with Crippen molar-refractivity contribution in [3.8, 4) is 0 Å². The highest BCUT2D eigenvalue weighted by molar-refractivity contribution is 7.99. The molecule has 1 aliphatic heterocycles. The molecule has 0 saturated carbocycles. The minimum atomic E-state index is -0.118. The third kappa shape index (κ3) is 5.14. The quantitative estimate of drug-likeness (QED) is 0.585. The SMILES string of the molecule is O=C(NCCCSc1ccccc1)c1ccc(CN2CCCC2)o1. The third-order valence-corrected chi connectivity index (χ3v) is 5.18. The summed E-state index contributed by atoms with van der Waals surface area (Å²) >= 11 is 1.81. The first kappa shape index (κ1) is 17.1. The number of hydrogen-bond donors (Lipinski definition) is 1. The fraction of sp³-hybridized carbons (Fsp3) is 0.421. The Morgan fingerprint density at radius 1 is 1.12 bits per heavy atom. The molecule has 0 aliphatic carbocycles. The monoisotopic (exact) mass is 344 g/mol. The van der Waals surface area contributed by atoms with Gasteiger partial charge in [-0.15, -0.1) is 11.8 Å². The number of thioether (sulfide) groups is 1. The summed E-state index contributed by atoms with van der Waals surface area (Å²) < 4.78 is 5.67. The highest BCUT2D eigenvalue weighted by Gasteiger charge is 2.15. The Bertz CT molecular complexity index is 636. The summed E-state index contributed by atoms with van der Waals surface area (Å²) in [7, 11) is 0. The van der Waals surface area contributed by atoms with E-state index < -0.39 is 0 Å². The van der Waals surface area contributed by atoms with Gasteiger partial charge in [-0.2, -0.15) is 0 Å². The molecule has 2 aromatic rings. The van der Waals surface area contributed by atoms with Gasteiger partial charge in [0.25, 0.3) is 5.91 Å². The van der Waals surface area contributed by atoms with E-state index in [0.717, 1.165) is 37.6 Å². The van der Waals surface area contributed by atoms with Crippen LogP contribution in [0.1, 0.15) is 35.6 Å². The topological polar surface area (TPSA) is 45.5 Å². The molecule has 2 heterocycles. The van der Waals surface area contributed by atoms with E-state index in [9.17, 15) is 4.79 Å². The van der Waals surface area contributed by atoms with Crippen LogP contribution in [-0.4, -0.2) is 36.2 Å². The summed E-state index contributed by atoms with van der Waals surface area (Å²) in [6.07, 6.45) is 3.46. The molecule has 0 spiro atoms. The Kier molecular flexibility index (Phi) is 6.38. The Hall–Kier alpha value is -1.72. The summed E-state index contributed by atoms with van der Waals surface area (Å²) in [5.74, 6) is 2.16. The van der Waals surface area contributed by atoms with Crippen LogP contribution >= 0.6 is 11.8 Å². The maximum absolute atomic E-state index is 12.1. The Morgan fingerprint density at radius 3 is 2.71 bits per heavy atom. The molecule has 1 aromatic carbocycles. The second-order valence-electron chi connectivity index (χ2n) is 6.02. The van der Waals surface area contributed by atoms with Crippen LogP contribution in [-0.2, 0) is 6.54 Å². The van der Waals surface area contributed by atoms with E-state index in [1.54, 1.807) is 6.07 Å². The predicted octanol–water partition coefficient (Wildman–Crippen LogP) is 3.79. The van der Waals surface area contributed by atoms with Gasteiger partial charge in [-0.25, -0.2) is 0 Å². The zero-order valence-electron chi connectivity index (χ0n) is 13.9. The Balaban J connectivity index is 1.35. The van der Waals surface area contributed by atoms with Crippen molar-refractivity contribution in [1.29, 1.82) is 0 Å². The molecule has 1 saturated heterocycles. The maximum atomic E-state index is 12.1. The number of carbonyl (C=O) groups is 1. The molecule has 1 amide bonds. The van der Waals surface area contributed by atoms with Crippen molar-refractivity contribution in [2.24, 2.45) is 0 Å². The van der Waals surface area contributed by atoms with E-state index in [-0.39, 0.29) is 5.91 Å². The first-order valence-electron chi connectivity index (χ1n) is 8.58. The molecule has 0 radical (unpaired) electrons. The molecule has 1 aromatic heterocycles. The maximum Gasteiger partial charge on any atom is 0.286 e. The lowest BCUT2D eigenvalue weighted by atomic mass is 10.4. The molecule has 1 fully saturated rings. The fourth-order valence-corrected chi connectivity index (χ4v) is 3.69. The van der Waals surface area contributed by atoms with Gasteiger partial charge in [0.1, 0.15) is 5.76 Å². The minimum Gasteiger partial charge on any atom is -0.455 e. The van der Waals surface area contributed by atoms with E-state index in [4.69, 9.17) is 4.42 Å². The van der Waals surface area contributed by atoms with Crippen LogP contribution in [0.3, 0.4) is 0 Å². The van der Waals surface area contributed by atoms with Gasteiger partial charge < -0.3 is 9.73 Å². The molecule has 3 rings (SSSR count). The number of benzene rings is 1. The Morgan fingerprint density at radius 2 is 1.92 bits per heavy atom. The average Bonchev–Trinajstić information content (AvgIpc) is 3.28. The van der Waals surface area contributed by atoms with Gasteiger partial charge >= 0.3 is 0 Å². The first-order chi connectivity index (χ1) is 11.8. The number of hydrogen-bond acceptors (Lipinski definition) is 4. The standard InChI is InChI=1S/C19H24N2O2S/c22-19(20-11-6-14-24-17-7-2-1-3-8-17)18-10-9-16(23-18)15-21-12-4-5-13-21/h1-3,7-10H,4-6,11-15H2,(H,20,22).